The van der Waals surface area contributed by atoms with Gasteiger partial charge in [-0.2, -0.15) is 0 Å². The van der Waals surface area contributed by atoms with E-state index in [9.17, 15) is 9.50 Å². The predicted molar refractivity (Wildman–Crippen MR) is 68.3 cm³/mol. The zero-order chi connectivity index (χ0) is 13.0. The lowest BCUT2D eigenvalue weighted by Crippen LogP contribution is -2.44. The van der Waals surface area contributed by atoms with Crippen molar-refractivity contribution in [3.63, 3.8) is 0 Å². The topological polar surface area (TPSA) is 41.5 Å². The van der Waals surface area contributed by atoms with Crippen LogP contribution in [0.15, 0.2) is 18.2 Å². The largest absolute Gasteiger partial charge is 0.494 e. The number of piperidine rings is 1. The van der Waals surface area contributed by atoms with Gasteiger partial charge >= 0.3 is 0 Å². The third-order valence-corrected chi connectivity index (χ3v) is 3.51. The Kier molecular flexibility index (Phi) is 4.55. The lowest BCUT2D eigenvalue weighted by molar-refractivity contribution is 0.112. The highest BCUT2D eigenvalue weighted by molar-refractivity contribution is 5.31. The molecular weight excluding hydrogens is 233 g/mol. The van der Waals surface area contributed by atoms with Gasteiger partial charge in [0, 0.05) is 12.5 Å². The fraction of sp³-hybridized carbons (Fsp3) is 0.571. The SMILES string of the molecule is COc1cccc(CC(O)C2CCCCN2)c1F. The summed E-state index contributed by atoms with van der Waals surface area (Å²) in [5.74, 6) is -0.133. The number of halogens is 1. The molecule has 2 N–H and O–H groups in total. The first-order valence-electron chi connectivity index (χ1n) is 6.45. The fourth-order valence-electron chi connectivity index (χ4n) is 2.45. The molecule has 0 aliphatic carbocycles. The molecule has 0 aromatic heterocycles. The van der Waals surface area contributed by atoms with E-state index in [1.165, 1.54) is 7.11 Å². The molecule has 100 valence electrons. The van der Waals surface area contributed by atoms with Crippen molar-refractivity contribution in [3.8, 4) is 5.75 Å². The minimum atomic E-state index is -0.549. The van der Waals surface area contributed by atoms with Crippen molar-refractivity contribution in [2.45, 2.75) is 37.8 Å². The first-order chi connectivity index (χ1) is 8.72. The second-order valence-corrected chi connectivity index (χ2v) is 4.76. The van der Waals surface area contributed by atoms with Crippen molar-refractivity contribution in [3.05, 3.63) is 29.6 Å². The summed E-state index contributed by atoms with van der Waals surface area (Å²) >= 11 is 0. The van der Waals surface area contributed by atoms with E-state index in [1.807, 2.05) is 0 Å². The molecule has 0 spiro atoms. The summed E-state index contributed by atoms with van der Waals surface area (Å²) in [5.41, 5.74) is 0.509. The molecule has 2 unspecified atom stereocenters. The maximum atomic E-state index is 13.9. The standard InChI is InChI=1S/C14H20FNO2/c1-18-13-7-4-5-10(14(13)15)9-12(17)11-6-2-3-8-16-11/h4-5,7,11-12,16-17H,2-3,6,8-9H2,1H3. The minimum Gasteiger partial charge on any atom is -0.494 e. The smallest absolute Gasteiger partial charge is 0.168 e. The van der Waals surface area contributed by atoms with Gasteiger partial charge in [-0.1, -0.05) is 18.6 Å². The van der Waals surface area contributed by atoms with E-state index in [1.54, 1.807) is 18.2 Å². The minimum absolute atomic E-state index is 0.0735. The molecule has 1 aromatic rings. The Morgan fingerprint density at radius 3 is 3.00 bits per heavy atom. The average molecular weight is 253 g/mol. The van der Waals surface area contributed by atoms with Crippen LogP contribution in [0.2, 0.25) is 0 Å². The maximum absolute atomic E-state index is 13.9. The van der Waals surface area contributed by atoms with Gasteiger partial charge in [-0.3, -0.25) is 0 Å². The van der Waals surface area contributed by atoms with Crippen LogP contribution in [0.3, 0.4) is 0 Å². The normalized spacial score (nSPS) is 21.6. The summed E-state index contributed by atoms with van der Waals surface area (Å²) < 4.78 is 18.9. The van der Waals surface area contributed by atoms with Gasteiger partial charge in [0.25, 0.3) is 0 Å². The zero-order valence-electron chi connectivity index (χ0n) is 10.7. The van der Waals surface area contributed by atoms with Crippen molar-refractivity contribution >= 4 is 0 Å². The van der Waals surface area contributed by atoms with Crippen LogP contribution in [0, 0.1) is 5.82 Å². The summed E-state index contributed by atoms with van der Waals surface area (Å²) in [5, 5.41) is 13.4. The number of hydrogen-bond donors (Lipinski definition) is 2. The highest BCUT2D eigenvalue weighted by Crippen LogP contribution is 2.22. The van der Waals surface area contributed by atoms with Crippen molar-refractivity contribution in [1.82, 2.24) is 5.32 Å². The number of methoxy groups -OCH3 is 1. The summed E-state index contributed by atoms with van der Waals surface area (Å²) in [4.78, 5) is 0. The predicted octanol–water partition coefficient (Wildman–Crippen LogP) is 1.88. The van der Waals surface area contributed by atoms with Gasteiger partial charge in [-0.05, 0) is 31.0 Å². The van der Waals surface area contributed by atoms with E-state index in [4.69, 9.17) is 4.74 Å². The molecule has 2 atom stereocenters. The molecule has 0 amide bonds. The molecule has 1 saturated heterocycles. The number of hydrogen-bond acceptors (Lipinski definition) is 3. The zero-order valence-corrected chi connectivity index (χ0v) is 10.7. The molecule has 1 fully saturated rings. The molecular formula is C14H20FNO2. The maximum Gasteiger partial charge on any atom is 0.168 e. The molecule has 0 saturated carbocycles. The lowest BCUT2D eigenvalue weighted by atomic mass is 9.95. The summed E-state index contributed by atoms with van der Waals surface area (Å²) in [6.07, 6.45) is 2.99. The Morgan fingerprint density at radius 2 is 2.33 bits per heavy atom. The second kappa shape index (κ2) is 6.16. The van der Waals surface area contributed by atoms with Gasteiger partial charge in [0.1, 0.15) is 0 Å². The van der Waals surface area contributed by atoms with E-state index >= 15 is 0 Å². The van der Waals surface area contributed by atoms with E-state index in [0.29, 0.717) is 12.0 Å². The number of aliphatic hydroxyl groups excluding tert-OH is 1. The molecule has 0 bridgehead atoms. The van der Waals surface area contributed by atoms with E-state index in [2.05, 4.69) is 5.32 Å². The second-order valence-electron chi connectivity index (χ2n) is 4.76. The summed E-state index contributed by atoms with van der Waals surface area (Å²) in [6, 6.07) is 5.11. The fourth-order valence-corrected chi connectivity index (χ4v) is 2.45. The molecule has 0 radical (unpaired) electrons. The van der Waals surface area contributed by atoms with Gasteiger partial charge in [-0.25, -0.2) is 4.39 Å². The lowest BCUT2D eigenvalue weighted by Gasteiger charge is -2.28. The molecule has 1 heterocycles. The van der Waals surface area contributed by atoms with Crippen LogP contribution in [0.1, 0.15) is 24.8 Å². The number of nitrogens with one attached hydrogen (secondary N) is 1. The van der Waals surface area contributed by atoms with Gasteiger partial charge < -0.3 is 15.2 Å². The van der Waals surface area contributed by atoms with Crippen LogP contribution in [0.5, 0.6) is 5.75 Å². The highest BCUT2D eigenvalue weighted by atomic mass is 19.1. The monoisotopic (exact) mass is 253 g/mol. The number of rotatable bonds is 4. The molecule has 1 aliphatic heterocycles. The van der Waals surface area contributed by atoms with Crippen LogP contribution in [-0.4, -0.2) is 30.9 Å². The number of aliphatic hydroxyl groups is 1. The Hall–Kier alpha value is -1.13. The van der Waals surface area contributed by atoms with E-state index in [0.717, 1.165) is 25.8 Å². The van der Waals surface area contributed by atoms with Gasteiger partial charge in [0.15, 0.2) is 11.6 Å². The molecule has 2 rings (SSSR count). The Labute approximate surface area is 107 Å². The third-order valence-electron chi connectivity index (χ3n) is 3.51. The number of ether oxygens (including phenoxy) is 1. The first kappa shape index (κ1) is 13.3. The summed E-state index contributed by atoms with van der Waals surface area (Å²) in [6.45, 7) is 0.933. The Balaban J connectivity index is 2.04. The summed E-state index contributed by atoms with van der Waals surface area (Å²) in [7, 11) is 1.45. The average Bonchev–Trinajstić information content (AvgIpc) is 2.42. The van der Waals surface area contributed by atoms with Gasteiger partial charge in [-0.15, -0.1) is 0 Å². The van der Waals surface area contributed by atoms with Crippen molar-refractivity contribution in [1.29, 1.82) is 0 Å². The quantitative estimate of drug-likeness (QED) is 0.861. The highest BCUT2D eigenvalue weighted by Gasteiger charge is 2.22. The van der Waals surface area contributed by atoms with Crippen molar-refractivity contribution in [2.24, 2.45) is 0 Å². The molecule has 18 heavy (non-hydrogen) atoms. The van der Waals surface area contributed by atoms with E-state index < -0.39 is 6.10 Å². The Morgan fingerprint density at radius 1 is 1.50 bits per heavy atom. The Bertz CT molecular complexity index is 391. The number of benzene rings is 1. The van der Waals surface area contributed by atoms with Crippen LogP contribution in [0.4, 0.5) is 4.39 Å². The van der Waals surface area contributed by atoms with Crippen LogP contribution in [-0.2, 0) is 6.42 Å². The van der Waals surface area contributed by atoms with Crippen LogP contribution < -0.4 is 10.1 Å². The van der Waals surface area contributed by atoms with Gasteiger partial charge in [0.05, 0.1) is 13.2 Å². The molecule has 4 heteroatoms. The molecule has 3 nitrogen and oxygen atoms in total. The van der Waals surface area contributed by atoms with E-state index in [-0.39, 0.29) is 17.6 Å². The van der Waals surface area contributed by atoms with Gasteiger partial charge in [0.2, 0.25) is 0 Å². The van der Waals surface area contributed by atoms with Crippen LogP contribution >= 0.6 is 0 Å². The molecule has 1 aliphatic rings. The van der Waals surface area contributed by atoms with Crippen LogP contribution in [0.25, 0.3) is 0 Å². The van der Waals surface area contributed by atoms with Crippen molar-refractivity contribution in [2.75, 3.05) is 13.7 Å². The third kappa shape index (κ3) is 3.00. The molecule has 1 aromatic carbocycles. The first-order valence-corrected chi connectivity index (χ1v) is 6.45. The van der Waals surface area contributed by atoms with Crippen molar-refractivity contribution < 1.29 is 14.2 Å².